The van der Waals surface area contributed by atoms with Crippen molar-refractivity contribution >= 4 is 39.9 Å². The first kappa shape index (κ1) is 23.2. The molecule has 0 saturated carbocycles. The van der Waals surface area contributed by atoms with Crippen LogP contribution >= 0.6 is 23.2 Å². The number of H-pyrrole nitrogens is 1. The Hall–Kier alpha value is -2.21. The molecule has 2 unspecified atom stereocenters. The number of ether oxygens (including phenoxy) is 4. The topological polar surface area (TPSA) is 89.1 Å². The van der Waals surface area contributed by atoms with Gasteiger partial charge in [0.2, 0.25) is 5.88 Å². The van der Waals surface area contributed by atoms with Crippen LogP contribution in [0, 0.1) is 11.6 Å². The first-order valence-corrected chi connectivity index (χ1v) is 11.9. The molecule has 5 heterocycles. The predicted octanol–water partition coefficient (Wildman–Crippen LogP) is 3.56. The van der Waals surface area contributed by atoms with Crippen LogP contribution < -0.4 is 9.64 Å². The van der Waals surface area contributed by atoms with Crippen LogP contribution in [0.15, 0.2) is 18.2 Å². The number of pyridine rings is 1. The van der Waals surface area contributed by atoms with E-state index in [1.54, 1.807) is 0 Å². The minimum Gasteiger partial charge on any atom is -0.469 e. The molecule has 35 heavy (non-hydrogen) atoms. The van der Waals surface area contributed by atoms with E-state index in [0.717, 1.165) is 0 Å². The van der Waals surface area contributed by atoms with Crippen molar-refractivity contribution in [1.29, 1.82) is 0 Å². The summed E-state index contributed by atoms with van der Waals surface area (Å²) in [5, 5.41) is 10.1. The van der Waals surface area contributed by atoms with Gasteiger partial charge in [0.05, 0.1) is 48.2 Å². The zero-order chi connectivity index (χ0) is 24.3. The van der Waals surface area contributed by atoms with Crippen molar-refractivity contribution in [2.75, 3.05) is 44.4 Å². The number of morpholine rings is 1. The number of hydrogen-bond donors (Lipinski definition) is 2. The van der Waals surface area contributed by atoms with E-state index >= 15 is 8.78 Å². The van der Waals surface area contributed by atoms with Crippen LogP contribution in [-0.4, -0.2) is 79.0 Å². The maximum absolute atomic E-state index is 15.2. The van der Waals surface area contributed by atoms with Gasteiger partial charge in [0.15, 0.2) is 6.10 Å². The SMILES string of the molecule is O[C@@H]1COC2C1OC[C@H]2Oc1[nH]c2cc(Cl)c(-c3c(F)cc(N4CCOCC4)cc3F)nc2c1Cl. The molecule has 0 amide bonds. The fourth-order valence-electron chi connectivity index (χ4n) is 4.78. The van der Waals surface area contributed by atoms with Gasteiger partial charge in [0.25, 0.3) is 0 Å². The molecular weight excluding hydrogens is 507 g/mol. The average Bonchev–Trinajstić information content (AvgIpc) is 3.50. The van der Waals surface area contributed by atoms with E-state index in [2.05, 4.69) is 9.97 Å². The molecule has 186 valence electrons. The minimum absolute atomic E-state index is 0.0467. The summed E-state index contributed by atoms with van der Waals surface area (Å²) >= 11 is 12.9. The number of benzene rings is 1. The molecule has 2 aromatic heterocycles. The molecule has 0 spiro atoms. The van der Waals surface area contributed by atoms with Crippen LogP contribution in [0.2, 0.25) is 10.0 Å². The molecule has 4 atom stereocenters. The molecule has 3 fully saturated rings. The molecular formula is C23H21Cl2F2N3O5. The molecule has 0 bridgehead atoms. The molecule has 8 nitrogen and oxygen atoms in total. The molecule has 2 N–H and O–H groups in total. The van der Waals surface area contributed by atoms with Crippen molar-refractivity contribution in [1.82, 2.24) is 9.97 Å². The largest absolute Gasteiger partial charge is 0.469 e. The lowest BCUT2D eigenvalue weighted by molar-refractivity contribution is 0.00796. The summed E-state index contributed by atoms with van der Waals surface area (Å²) < 4.78 is 52.7. The van der Waals surface area contributed by atoms with Gasteiger partial charge in [0, 0.05) is 18.8 Å². The highest BCUT2D eigenvalue weighted by molar-refractivity contribution is 6.38. The number of hydrogen-bond acceptors (Lipinski definition) is 7. The number of aromatic amines is 1. The molecule has 1 aromatic carbocycles. The maximum Gasteiger partial charge on any atom is 0.213 e. The zero-order valence-electron chi connectivity index (χ0n) is 18.3. The summed E-state index contributed by atoms with van der Waals surface area (Å²) in [5.74, 6) is -1.37. The molecule has 3 aromatic rings. The molecule has 0 aliphatic carbocycles. The maximum atomic E-state index is 15.2. The Morgan fingerprint density at radius 2 is 1.77 bits per heavy atom. The number of anilines is 1. The third kappa shape index (κ3) is 4.02. The monoisotopic (exact) mass is 527 g/mol. The van der Waals surface area contributed by atoms with Gasteiger partial charge in [-0.25, -0.2) is 13.8 Å². The van der Waals surface area contributed by atoms with Crippen molar-refractivity contribution in [2.45, 2.75) is 24.4 Å². The van der Waals surface area contributed by atoms with E-state index in [4.69, 9.17) is 42.1 Å². The fourth-order valence-corrected chi connectivity index (χ4v) is 5.26. The van der Waals surface area contributed by atoms with Crippen LogP contribution in [-0.2, 0) is 14.2 Å². The second kappa shape index (κ2) is 9.02. The third-order valence-electron chi connectivity index (χ3n) is 6.52. The summed E-state index contributed by atoms with van der Waals surface area (Å²) in [6.45, 7) is 2.45. The summed E-state index contributed by atoms with van der Waals surface area (Å²) in [4.78, 5) is 9.25. The van der Waals surface area contributed by atoms with Gasteiger partial charge in [-0.05, 0) is 18.2 Å². The second-order valence-corrected chi connectivity index (χ2v) is 9.47. The normalized spacial score (nSPS) is 26.5. The van der Waals surface area contributed by atoms with E-state index in [1.165, 1.54) is 18.2 Å². The predicted molar refractivity (Wildman–Crippen MR) is 124 cm³/mol. The van der Waals surface area contributed by atoms with Gasteiger partial charge < -0.3 is 33.9 Å². The van der Waals surface area contributed by atoms with Gasteiger partial charge >= 0.3 is 0 Å². The van der Waals surface area contributed by atoms with Gasteiger partial charge in [-0.1, -0.05) is 23.2 Å². The number of halogens is 4. The Bertz CT molecular complexity index is 1260. The number of rotatable bonds is 4. The van der Waals surface area contributed by atoms with Gasteiger partial charge in [0.1, 0.15) is 40.5 Å². The Morgan fingerprint density at radius 1 is 1.06 bits per heavy atom. The summed E-state index contributed by atoms with van der Waals surface area (Å²) in [6.07, 6.45) is -2.11. The Kier molecular flexibility index (Phi) is 5.98. The van der Waals surface area contributed by atoms with Crippen LogP contribution in [0.4, 0.5) is 14.5 Å². The summed E-state index contributed by atoms with van der Waals surface area (Å²) in [5.41, 5.74) is 0.707. The molecule has 0 radical (unpaired) electrons. The van der Waals surface area contributed by atoms with E-state index < -0.39 is 36.1 Å². The van der Waals surface area contributed by atoms with Crippen LogP contribution in [0.5, 0.6) is 5.88 Å². The van der Waals surface area contributed by atoms with Crippen molar-refractivity contribution in [3.8, 4) is 17.1 Å². The highest BCUT2D eigenvalue weighted by atomic mass is 35.5. The van der Waals surface area contributed by atoms with E-state index in [-0.39, 0.29) is 45.9 Å². The molecule has 3 saturated heterocycles. The summed E-state index contributed by atoms with van der Waals surface area (Å²) in [7, 11) is 0. The van der Waals surface area contributed by atoms with Crippen molar-refractivity contribution < 1.29 is 32.8 Å². The number of nitrogens with zero attached hydrogens (tertiary/aromatic N) is 2. The smallest absolute Gasteiger partial charge is 0.213 e. The molecule has 12 heteroatoms. The Morgan fingerprint density at radius 3 is 2.51 bits per heavy atom. The first-order chi connectivity index (χ1) is 16.9. The van der Waals surface area contributed by atoms with Crippen LogP contribution in [0.25, 0.3) is 22.3 Å². The number of aromatic nitrogens is 2. The standard InChI is InChI=1S/C23H21Cl2F2N3O5/c24-11-7-14-20(18(25)23(28-14)35-16-9-34-21-15(31)8-33-22(16)21)29-19(11)17-12(26)5-10(6-13(17)27)30-1-3-32-4-2-30/h5-7,15-16,21-22,28,31H,1-4,8-9H2/t15-,16-,21?,22?/m1/s1. The van der Waals surface area contributed by atoms with Crippen molar-refractivity contribution in [3.63, 3.8) is 0 Å². The highest BCUT2D eigenvalue weighted by Crippen LogP contribution is 2.40. The van der Waals surface area contributed by atoms with Crippen molar-refractivity contribution in [2.24, 2.45) is 0 Å². The van der Waals surface area contributed by atoms with Crippen LogP contribution in [0.3, 0.4) is 0 Å². The third-order valence-corrected chi connectivity index (χ3v) is 7.16. The Labute approximate surface area is 208 Å². The zero-order valence-corrected chi connectivity index (χ0v) is 19.8. The average molecular weight is 528 g/mol. The first-order valence-electron chi connectivity index (χ1n) is 11.2. The number of fused-ring (bicyclic) bond motifs is 2. The minimum atomic E-state index is -0.783. The number of aliphatic hydroxyl groups is 1. The lowest BCUT2D eigenvalue weighted by Crippen LogP contribution is -2.36. The molecule has 6 rings (SSSR count). The van der Waals surface area contributed by atoms with Gasteiger partial charge in [-0.15, -0.1) is 0 Å². The second-order valence-electron chi connectivity index (χ2n) is 8.69. The van der Waals surface area contributed by atoms with E-state index in [9.17, 15) is 5.11 Å². The van der Waals surface area contributed by atoms with E-state index in [1.807, 2.05) is 4.90 Å². The number of aliphatic hydroxyl groups excluding tert-OH is 1. The summed E-state index contributed by atoms with van der Waals surface area (Å²) in [6, 6.07) is 4.04. The van der Waals surface area contributed by atoms with Gasteiger partial charge in [-0.3, -0.25) is 0 Å². The quantitative estimate of drug-likeness (QED) is 0.536. The molecule has 3 aliphatic rings. The highest BCUT2D eigenvalue weighted by Gasteiger charge is 2.48. The van der Waals surface area contributed by atoms with Crippen LogP contribution in [0.1, 0.15) is 0 Å². The van der Waals surface area contributed by atoms with E-state index in [0.29, 0.717) is 37.5 Å². The number of nitrogens with one attached hydrogen (secondary N) is 1. The van der Waals surface area contributed by atoms with Crippen molar-refractivity contribution in [3.05, 3.63) is 39.9 Å². The lowest BCUT2D eigenvalue weighted by Gasteiger charge is -2.29. The van der Waals surface area contributed by atoms with Gasteiger partial charge in [-0.2, -0.15) is 0 Å². The Balaban J connectivity index is 1.33. The lowest BCUT2D eigenvalue weighted by atomic mass is 10.1. The molecule has 3 aliphatic heterocycles. The fraction of sp³-hybridized carbons (Fsp3) is 0.435.